The van der Waals surface area contributed by atoms with Gasteiger partial charge in [0, 0.05) is 23.7 Å². The van der Waals surface area contributed by atoms with Crippen LogP contribution in [0.15, 0.2) is 29.2 Å². The third-order valence-electron chi connectivity index (χ3n) is 3.64. The summed E-state index contributed by atoms with van der Waals surface area (Å²) in [4.78, 5) is 14.5. The summed E-state index contributed by atoms with van der Waals surface area (Å²) in [6, 6.07) is 6.84. The zero-order valence-electron chi connectivity index (χ0n) is 12.0. The Balaban J connectivity index is 2.14. The minimum atomic E-state index is -4.26. The van der Waals surface area contributed by atoms with Gasteiger partial charge in [-0.1, -0.05) is 12.1 Å². The molecule has 3 nitrogen and oxygen atoms in total. The number of amides is 1. The van der Waals surface area contributed by atoms with Gasteiger partial charge in [-0.2, -0.15) is 13.2 Å². The monoisotopic (exact) mass is 333 g/mol. The van der Waals surface area contributed by atoms with Crippen molar-refractivity contribution < 1.29 is 23.1 Å². The van der Waals surface area contributed by atoms with Gasteiger partial charge < -0.3 is 10.0 Å². The molecule has 0 aromatic heterocycles. The van der Waals surface area contributed by atoms with E-state index in [1.165, 1.54) is 16.7 Å². The molecule has 2 rings (SSSR count). The van der Waals surface area contributed by atoms with Gasteiger partial charge in [0.15, 0.2) is 0 Å². The maximum absolute atomic E-state index is 12.9. The van der Waals surface area contributed by atoms with Crippen LogP contribution in [-0.2, 0) is 0 Å². The maximum atomic E-state index is 12.9. The normalized spacial score (nSPS) is 19.3. The molecule has 0 radical (unpaired) electrons. The number of aliphatic hydroxyl groups is 1. The van der Waals surface area contributed by atoms with E-state index in [1.807, 2.05) is 0 Å². The molecule has 1 heterocycles. The summed E-state index contributed by atoms with van der Waals surface area (Å²) in [5.74, 6) is -1.37. The highest BCUT2D eigenvalue weighted by Crippen LogP contribution is 2.34. The van der Waals surface area contributed by atoms with Crippen molar-refractivity contribution in [1.29, 1.82) is 0 Å². The second kappa shape index (κ2) is 7.37. The molecule has 1 aromatic rings. The second-order valence-corrected chi connectivity index (χ2v) is 6.34. The van der Waals surface area contributed by atoms with Gasteiger partial charge >= 0.3 is 6.18 Å². The number of carbonyl (C=O) groups is 1. The van der Waals surface area contributed by atoms with E-state index in [9.17, 15) is 18.0 Å². The Morgan fingerprint density at radius 2 is 2.09 bits per heavy atom. The fourth-order valence-corrected chi connectivity index (χ4v) is 3.32. The van der Waals surface area contributed by atoms with Crippen molar-refractivity contribution in [2.75, 3.05) is 25.4 Å². The van der Waals surface area contributed by atoms with E-state index in [0.29, 0.717) is 29.2 Å². The number of thioether (sulfide) groups is 1. The Morgan fingerprint density at radius 3 is 2.77 bits per heavy atom. The Kier molecular flexibility index (Phi) is 5.74. The molecule has 0 aliphatic carbocycles. The van der Waals surface area contributed by atoms with Crippen LogP contribution < -0.4 is 0 Å². The molecule has 0 spiro atoms. The van der Waals surface area contributed by atoms with Crippen LogP contribution in [0.1, 0.15) is 23.2 Å². The van der Waals surface area contributed by atoms with Crippen molar-refractivity contribution in [2.24, 2.45) is 5.92 Å². The SMILES string of the molecule is O=C(c1ccccc1SCCO)N1CCCC(C(F)(F)F)C1. The lowest BCUT2D eigenvalue weighted by atomic mass is 9.97. The quantitative estimate of drug-likeness (QED) is 0.861. The first-order chi connectivity index (χ1) is 10.4. The Bertz CT molecular complexity index is 522. The molecule has 1 N–H and O–H groups in total. The van der Waals surface area contributed by atoms with Gasteiger partial charge in [-0.15, -0.1) is 11.8 Å². The molecule has 1 aliphatic heterocycles. The number of rotatable bonds is 4. The van der Waals surface area contributed by atoms with E-state index in [2.05, 4.69) is 0 Å². The highest BCUT2D eigenvalue weighted by molar-refractivity contribution is 7.99. The average Bonchev–Trinajstić information content (AvgIpc) is 2.52. The maximum Gasteiger partial charge on any atom is 0.393 e. The topological polar surface area (TPSA) is 40.5 Å². The van der Waals surface area contributed by atoms with Crippen LogP contribution in [0.2, 0.25) is 0 Å². The van der Waals surface area contributed by atoms with E-state index in [-0.39, 0.29) is 25.5 Å². The number of nitrogens with zero attached hydrogens (tertiary/aromatic N) is 1. The number of alkyl halides is 3. The van der Waals surface area contributed by atoms with E-state index in [1.54, 1.807) is 24.3 Å². The van der Waals surface area contributed by atoms with E-state index in [0.717, 1.165) is 0 Å². The fourth-order valence-electron chi connectivity index (χ4n) is 2.52. The van der Waals surface area contributed by atoms with Crippen LogP contribution in [-0.4, -0.2) is 47.5 Å². The van der Waals surface area contributed by atoms with Crippen molar-refractivity contribution in [3.05, 3.63) is 29.8 Å². The van der Waals surface area contributed by atoms with Gasteiger partial charge in [-0.05, 0) is 25.0 Å². The third kappa shape index (κ3) is 4.16. The molecular formula is C15H18F3NO2S. The molecule has 1 amide bonds. The van der Waals surface area contributed by atoms with Crippen molar-refractivity contribution in [3.8, 4) is 0 Å². The average molecular weight is 333 g/mol. The van der Waals surface area contributed by atoms with Crippen molar-refractivity contribution in [1.82, 2.24) is 4.90 Å². The predicted octanol–water partition coefficient (Wildman–Crippen LogP) is 3.19. The lowest BCUT2D eigenvalue weighted by Gasteiger charge is -2.34. The molecule has 0 saturated carbocycles. The first-order valence-corrected chi connectivity index (χ1v) is 8.10. The smallest absolute Gasteiger partial charge is 0.393 e. The highest BCUT2D eigenvalue weighted by atomic mass is 32.2. The highest BCUT2D eigenvalue weighted by Gasteiger charge is 2.42. The van der Waals surface area contributed by atoms with Crippen LogP contribution in [0.5, 0.6) is 0 Å². The summed E-state index contributed by atoms with van der Waals surface area (Å²) in [7, 11) is 0. The zero-order valence-corrected chi connectivity index (χ0v) is 12.8. The Labute approximate surface area is 131 Å². The van der Waals surface area contributed by atoms with Crippen LogP contribution >= 0.6 is 11.8 Å². The molecule has 1 aromatic carbocycles. The zero-order chi connectivity index (χ0) is 16.2. The number of piperidine rings is 1. The number of halogens is 3. The van der Waals surface area contributed by atoms with Crippen molar-refractivity contribution >= 4 is 17.7 Å². The summed E-state index contributed by atoms with van der Waals surface area (Å²) in [6.07, 6.45) is -3.82. The lowest BCUT2D eigenvalue weighted by Crippen LogP contribution is -2.44. The van der Waals surface area contributed by atoms with Crippen molar-refractivity contribution in [3.63, 3.8) is 0 Å². The first-order valence-electron chi connectivity index (χ1n) is 7.12. The summed E-state index contributed by atoms with van der Waals surface area (Å²) < 4.78 is 38.6. The van der Waals surface area contributed by atoms with Crippen LogP contribution in [0.3, 0.4) is 0 Å². The van der Waals surface area contributed by atoms with Gasteiger partial charge in [0.1, 0.15) is 0 Å². The van der Waals surface area contributed by atoms with Crippen molar-refractivity contribution in [2.45, 2.75) is 23.9 Å². The summed E-state index contributed by atoms with van der Waals surface area (Å²) in [5, 5.41) is 8.89. The van der Waals surface area contributed by atoms with Crippen LogP contribution in [0, 0.1) is 5.92 Å². The van der Waals surface area contributed by atoms with E-state index in [4.69, 9.17) is 5.11 Å². The minimum Gasteiger partial charge on any atom is -0.396 e. The van der Waals surface area contributed by atoms with Gasteiger partial charge in [0.2, 0.25) is 0 Å². The second-order valence-electron chi connectivity index (χ2n) is 5.20. The molecule has 0 bridgehead atoms. The third-order valence-corrected chi connectivity index (χ3v) is 4.69. The number of aliphatic hydroxyl groups excluding tert-OH is 1. The molecule has 1 saturated heterocycles. The Morgan fingerprint density at radius 1 is 1.36 bits per heavy atom. The standard InChI is InChI=1S/C15H18F3NO2S/c16-15(17,18)11-4-3-7-19(10-11)14(21)12-5-1-2-6-13(12)22-9-8-20/h1-2,5-6,11,20H,3-4,7-10H2. The molecular weight excluding hydrogens is 315 g/mol. The van der Waals surface area contributed by atoms with Crippen LogP contribution in [0.25, 0.3) is 0 Å². The number of likely N-dealkylation sites (tertiary alicyclic amines) is 1. The molecule has 122 valence electrons. The number of hydrogen-bond acceptors (Lipinski definition) is 3. The number of benzene rings is 1. The summed E-state index contributed by atoms with van der Waals surface area (Å²) in [5.41, 5.74) is 0.406. The van der Waals surface area contributed by atoms with Gasteiger partial charge in [-0.3, -0.25) is 4.79 Å². The van der Waals surface area contributed by atoms with Gasteiger partial charge in [0.05, 0.1) is 18.1 Å². The van der Waals surface area contributed by atoms with Gasteiger partial charge in [-0.25, -0.2) is 0 Å². The molecule has 1 fully saturated rings. The Hall–Kier alpha value is -1.21. The summed E-state index contributed by atoms with van der Waals surface area (Å²) in [6.45, 7) is 0.0544. The molecule has 1 unspecified atom stereocenters. The number of carbonyl (C=O) groups excluding carboxylic acids is 1. The lowest BCUT2D eigenvalue weighted by molar-refractivity contribution is -0.184. The van der Waals surface area contributed by atoms with E-state index < -0.39 is 12.1 Å². The largest absolute Gasteiger partial charge is 0.396 e. The predicted molar refractivity (Wildman–Crippen MR) is 78.9 cm³/mol. The van der Waals surface area contributed by atoms with Gasteiger partial charge in [0.25, 0.3) is 5.91 Å². The molecule has 1 atom stereocenters. The molecule has 7 heteroatoms. The number of hydrogen-bond donors (Lipinski definition) is 1. The minimum absolute atomic E-state index is 0.0208. The first kappa shape index (κ1) is 17.1. The van der Waals surface area contributed by atoms with Crippen LogP contribution in [0.4, 0.5) is 13.2 Å². The molecule has 1 aliphatic rings. The van der Waals surface area contributed by atoms with E-state index >= 15 is 0 Å². The fraction of sp³-hybridized carbons (Fsp3) is 0.533. The molecule has 22 heavy (non-hydrogen) atoms. The summed E-state index contributed by atoms with van der Waals surface area (Å²) >= 11 is 1.33.